The van der Waals surface area contributed by atoms with Crippen molar-refractivity contribution in [1.29, 1.82) is 0 Å². The highest BCUT2D eigenvalue weighted by Gasteiger charge is 2.18. The molecule has 0 radical (unpaired) electrons. The second-order valence-corrected chi connectivity index (χ2v) is 7.59. The normalized spacial score (nSPS) is 17.4. The number of thioether (sulfide) groups is 1. The van der Waals surface area contributed by atoms with Gasteiger partial charge in [-0.15, -0.1) is 16.9 Å². The van der Waals surface area contributed by atoms with Gasteiger partial charge in [0, 0.05) is 30.8 Å². The number of hydrogen-bond acceptors (Lipinski definition) is 5. The summed E-state index contributed by atoms with van der Waals surface area (Å²) in [6, 6.07) is 10.2. The van der Waals surface area contributed by atoms with Gasteiger partial charge >= 0.3 is 0 Å². The molecule has 3 rings (SSSR count). The van der Waals surface area contributed by atoms with Crippen LogP contribution in [0.5, 0.6) is 0 Å². The summed E-state index contributed by atoms with van der Waals surface area (Å²) in [6.07, 6.45) is 4.18. The van der Waals surface area contributed by atoms with Crippen LogP contribution in [0.3, 0.4) is 0 Å². The van der Waals surface area contributed by atoms with Crippen molar-refractivity contribution < 1.29 is 4.79 Å². The number of benzene rings is 1. The standard InChI is InChI=1S/C18H25N5OS/c1-22(10-11-25-16-7-3-2-4-8-16)18(24)17-14-23(21-20-17)13-15-6-5-9-19-12-15/h2-4,7-8,14-15,19H,5-6,9-13H2,1H3/t15-/m1/s1. The van der Waals surface area contributed by atoms with E-state index in [4.69, 9.17) is 0 Å². The van der Waals surface area contributed by atoms with Crippen LogP contribution in [0.15, 0.2) is 41.4 Å². The van der Waals surface area contributed by atoms with Gasteiger partial charge in [-0.3, -0.25) is 9.48 Å². The zero-order valence-corrected chi connectivity index (χ0v) is 15.4. The van der Waals surface area contributed by atoms with Crippen molar-refractivity contribution in [2.24, 2.45) is 5.92 Å². The van der Waals surface area contributed by atoms with Gasteiger partial charge in [-0.2, -0.15) is 0 Å². The number of rotatable bonds is 7. The molecule has 0 spiro atoms. The highest BCUT2D eigenvalue weighted by atomic mass is 32.2. The van der Waals surface area contributed by atoms with Crippen molar-refractivity contribution in [2.75, 3.05) is 32.4 Å². The number of piperidine rings is 1. The zero-order valence-electron chi connectivity index (χ0n) is 14.6. The second-order valence-electron chi connectivity index (χ2n) is 6.43. The number of carbonyl (C=O) groups is 1. The Morgan fingerprint density at radius 3 is 3.00 bits per heavy atom. The minimum atomic E-state index is -0.0679. The van der Waals surface area contributed by atoms with Crippen molar-refractivity contribution in [3.05, 3.63) is 42.2 Å². The summed E-state index contributed by atoms with van der Waals surface area (Å²) >= 11 is 1.75. The summed E-state index contributed by atoms with van der Waals surface area (Å²) in [4.78, 5) is 15.4. The molecule has 0 saturated carbocycles. The molecule has 1 fully saturated rings. The van der Waals surface area contributed by atoms with Crippen molar-refractivity contribution in [3.63, 3.8) is 0 Å². The van der Waals surface area contributed by atoms with E-state index in [1.807, 2.05) is 25.2 Å². The van der Waals surface area contributed by atoms with Crippen molar-refractivity contribution >= 4 is 17.7 Å². The third-order valence-corrected chi connectivity index (χ3v) is 5.38. The molecule has 6 nitrogen and oxygen atoms in total. The first kappa shape index (κ1) is 17.9. The second kappa shape index (κ2) is 9.01. The maximum atomic E-state index is 12.5. The van der Waals surface area contributed by atoms with Crippen LogP contribution in [0.25, 0.3) is 0 Å². The van der Waals surface area contributed by atoms with Crippen molar-refractivity contribution in [1.82, 2.24) is 25.2 Å². The van der Waals surface area contributed by atoms with E-state index in [1.54, 1.807) is 27.5 Å². The number of nitrogens with one attached hydrogen (secondary N) is 1. The summed E-state index contributed by atoms with van der Waals surface area (Å²) in [5, 5.41) is 11.6. The van der Waals surface area contributed by atoms with Crippen LogP contribution in [-0.2, 0) is 6.54 Å². The number of hydrogen-bond donors (Lipinski definition) is 1. The molecule has 1 aliphatic rings. The summed E-state index contributed by atoms with van der Waals surface area (Å²) in [7, 11) is 1.82. The maximum absolute atomic E-state index is 12.5. The molecule has 0 bridgehead atoms. The average Bonchev–Trinajstić information content (AvgIpc) is 3.11. The largest absolute Gasteiger partial charge is 0.339 e. The molecule has 2 heterocycles. The fraction of sp³-hybridized carbons (Fsp3) is 0.500. The van der Waals surface area contributed by atoms with Crippen LogP contribution in [-0.4, -0.2) is 58.2 Å². The third kappa shape index (κ3) is 5.31. The average molecular weight is 359 g/mol. The van der Waals surface area contributed by atoms with Gasteiger partial charge in [-0.1, -0.05) is 23.4 Å². The van der Waals surface area contributed by atoms with Gasteiger partial charge in [0.1, 0.15) is 0 Å². The van der Waals surface area contributed by atoms with E-state index in [9.17, 15) is 4.79 Å². The number of carbonyl (C=O) groups excluding carboxylic acids is 1. The summed E-state index contributed by atoms with van der Waals surface area (Å²) in [5.41, 5.74) is 0.427. The smallest absolute Gasteiger partial charge is 0.275 e. The van der Waals surface area contributed by atoms with Crippen LogP contribution >= 0.6 is 11.8 Å². The summed E-state index contributed by atoms with van der Waals surface area (Å²) in [6.45, 7) is 3.61. The lowest BCUT2D eigenvalue weighted by molar-refractivity contribution is 0.0798. The van der Waals surface area contributed by atoms with Gasteiger partial charge in [0.05, 0.1) is 6.20 Å². The highest BCUT2D eigenvalue weighted by Crippen LogP contribution is 2.17. The van der Waals surface area contributed by atoms with Crippen LogP contribution in [0.2, 0.25) is 0 Å². The van der Waals surface area contributed by atoms with Gasteiger partial charge in [0.2, 0.25) is 0 Å². The number of nitrogens with zero attached hydrogens (tertiary/aromatic N) is 4. The number of aromatic nitrogens is 3. The molecule has 1 amide bonds. The minimum absolute atomic E-state index is 0.0679. The van der Waals surface area contributed by atoms with Crippen molar-refractivity contribution in [2.45, 2.75) is 24.3 Å². The van der Waals surface area contributed by atoms with E-state index >= 15 is 0 Å². The van der Waals surface area contributed by atoms with E-state index in [0.29, 0.717) is 18.2 Å². The van der Waals surface area contributed by atoms with Gasteiger partial charge in [-0.05, 0) is 44.0 Å². The van der Waals surface area contributed by atoms with Crippen LogP contribution in [0.1, 0.15) is 23.3 Å². The van der Waals surface area contributed by atoms with Gasteiger partial charge in [0.25, 0.3) is 5.91 Å². The Kier molecular flexibility index (Phi) is 6.47. The minimum Gasteiger partial charge on any atom is -0.339 e. The highest BCUT2D eigenvalue weighted by molar-refractivity contribution is 7.99. The topological polar surface area (TPSA) is 63.1 Å². The van der Waals surface area contributed by atoms with Gasteiger partial charge in [0.15, 0.2) is 5.69 Å². The molecule has 25 heavy (non-hydrogen) atoms. The SMILES string of the molecule is CN(CCSc1ccccc1)C(=O)c1cn(C[C@@H]2CCCNC2)nn1. The molecule has 2 aromatic rings. The van der Waals surface area contributed by atoms with Crippen molar-refractivity contribution in [3.8, 4) is 0 Å². The van der Waals surface area contributed by atoms with Gasteiger partial charge < -0.3 is 10.2 Å². The van der Waals surface area contributed by atoms with E-state index < -0.39 is 0 Å². The molecule has 7 heteroatoms. The predicted molar refractivity (Wildman–Crippen MR) is 99.7 cm³/mol. The van der Waals surface area contributed by atoms with Crippen LogP contribution in [0, 0.1) is 5.92 Å². The lowest BCUT2D eigenvalue weighted by Gasteiger charge is -2.22. The summed E-state index contributed by atoms with van der Waals surface area (Å²) < 4.78 is 1.80. The molecule has 1 aromatic carbocycles. The first-order valence-electron chi connectivity index (χ1n) is 8.76. The Bertz CT molecular complexity index is 669. The lowest BCUT2D eigenvalue weighted by atomic mass is 10.00. The van der Waals surface area contributed by atoms with E-state index in [-0.39, 0.29) is 5.91 Å². The quantitative estimate of drug-likeness (QED) is 0.768. The lowest BCUT2D eigenvalue weighted by Crippen LogP contribution is -2.32. The fourth-order valence-corrected chi connectivity index (χ4v) is 3.89. The molecule has 0 aliphatic carbocycles. The first-order chi connectivity index (χ1) is 12.2. The molecular weight excluding hydrogens is 334 g/mol. The molecule has 0 unspecified atom stereocenters. The Labute approximate surface area is 153 Å². The molecular formula is C18H25N5OS. The summed E-state index contributed by atoms with van der Waals surface area (Å²) in [5.74, 6) is 1.36. The van der Waals surface area contributed by atoms with E-state index in [0.717, 1.165) is 25.4 Å². The Balaban J connectivity index is 1.46. The molecule has 134 valence electrons. The molecule has 1 atom stereocenters. The fourth-order valence-electron chi connectivity index (χ4n) is 2.94. The molecule has 1 aliphatic heterocycles. The molecule has 1 aromatic heterocycles. The van der Waals surface area contributed by atoms with Crippen LogP contribution in [0.4, 0.5) is 0 Å². The van der Waals surface area contributed by atoms with Gasteiger partial charge in [-0.25, -0.2) is 0 Å². The Hall–Kier alpha value is -1.86. The van der Waals surface area contributed by atoms with Crippen LogP contribution < -0.4 is 5.32 Å². The van der Waals surface area contributed by atoms with E-state index in [1.165, 1.54) is 17.7 Å². The molecule has 1 N–H and O–H groups in total. The number of amides is 1. The predicted octanol–water partition coefficient (Wildman–Crippen LogP) is 2.14. The first-order valence-corrected chi connectivity index (χ1v) is 9.75. The third-order valence-electron chi connectivity index (χ3n) is 4.39. The Morgan fingerprint density at radius 1 is 1.40 bits per heavy atom. The maximum Gasteiger partial charge on any atom is 0.275 e. The van der Waals surface area contributed by atoms with E-state index in [2.05, 4.69) is 27.8 Å². The Morgan fingerprint density at radius 2 is 2.24 bits per heavy atom. The molecule has 1 saturated heterocycles. The zero-order chi connectivity index (χ0) is 17.5. The monoisotopic (exact) mass is 359 g/mol.